The number of amides is 1. The Labute approximate surface area is 120 Å². The van der Waals surface area contributed by atoms with Gasteiger partial charge in [-0.3, -0.25) is 4.79 Å². The highest BCUT2D eigenvalue weighted by Crippen LogP contribution is 2.23. The summed E-state index contributed by atoms with van der Waals surface area (Å²) in [7, 11) is 1.94. The minimum Gasteiger partial charge on any atom is -0.342 e. The third kappa shape index (κ3) is 3.79. The fourth-order valence-electron chi connectivity index (χ4n) is 2.84. The summed E-state index contributed by atoms with van der Waals surface area (Å²) >= 11 is 0. The number of carbonyl (C=O) groups is 1. The molecule has 2 unspecified atom stereocenters. The minimum absolute atomic E-state index is 0.0570. The summed E-state index contributed by atoms with van der Waals surface area (Å²) in [6.07, 6.45) is 1.52. The molecule has 0 bridgehead atoms. The standard InChI is InChI=1S/C16H23FN2O/c1-12(14-4-3-5-15(17)9-14)8-16(20)19-7-6-13(11-19)10-18-2/h3-5,9,12-13,18H,6-8,10-11H2,1-2H3. The van der Waals surface area contributed by atoms with Gasteiger partial charge in [-0.2, -0.15) is 0 Å². The van der Waals surface area contributed by atoms with E-state index in [0.29, 0.717) is 12.3 Å². The first-order valence-corrected chi connectivity index (χ1v) is 7.28. The SMILES string of the molecule is CNCC1CCN(C(=O)CC(C)c2cccc(F)c2)C1. The van der Waals surface area contributed by atoms with E-state index >= 15 is 0 Å². The van der Waals surface area contributed by atoms with Gasteiger partial charge in [-0.25, -0.2) is 4.39 Å². The molecule has 0 aromatic heterocycles. The van der Waals surface area contributed by atoms with Gasteiger partial charge in [0.2, 0.25) is 5.91 Å². The van der Waals surface area contributed by atoms with Crippen LogP contribution in [-0.2, 0) is 4.79 Å². The molecule has 1 aromatic carbocycles. The lowest BCUT2D eigenvalue weighted by molar-refractivity contribution is -0.130. The molecular weight excluding hydrogens is 255 g/mol. The number of benzene rings is 1. The molecule has 1 fully saturated rings. The minimum atomic E-state index is -0.239. The van der Waals surface area contributed by atoms with E-state index in [1.807, 2.05) is 24.9 Å². The third-order valence-corrected chi connectivity index (χ3v) is 4.03. The zero-order valence-corrected chi connectivity index (χ0v) is 12.2. The second-order valence-corrected chi connectivity index (χ2v) is 5.71. The molecule has 1 saturated heterocycles. The van der Waals surface area contributed by atoms with Crippen molar-refractivity contribution >= 4 is 5.91 Å². The Morgan fingerprint density at radius 1 is 1.55 bits per heavy atom. The molecule has 1 aliphatic heterocycles. The summed E-state index contributed by atoms with van der Waals surface area (Å²) in [5, 5.41) is 3.16. The number of halogens is 1. The number of rotatable bonds is 5. The second-order valence-electron chi connectivity index (χ2n) is 5.71. The van der Waals surface area contributed by atoms with Crippen molar-refractivity contribution in [3.05, 3.63) is 35.6 Å². The fourth-order valence-corrected chi connectivity index (χ4v) is 2.84. The monoisotopic (exact) mass is 278 g/mol. The van der Waals surface area contributed by atoms with E-state index in [4.69, 9.17) is 0 Å². The number of hydrogen-bond acceptors (Lipinski definition) is 2. The molecule has 2 rings (SSSR count). The van der Waals surface area contributed by atoms with E-state index in [9.17, 15) is 9.18 Å². The lowest BCUT2D eigenvalue weighted by atomic mass is 9.97. The Morgan fingerprint density at radius 3 is 3.05 bits per heavy atom. The highest BCUT2D eigenvalue weighted by molar-refractivity contribution is 5.77. The van der Waals surface area contributed by atoms with Gasteiger partial charge >= 0.3 is 0 Å². The van der Waals surface area contributed by atoms with Crippen molar-refractivity contribution in [3.8, 4) is 0 Å². The number of hydrogen-bond donors (Lipinski definition) is 1. The normalized spacial score (nSPS) is 20.1. The van der Waals surface area contributed by atoms with Crippen molar-refractivity contribution in [1.29, 1.82) is 0 Å². The van der Waals surface area contributed by atoms with E-state index in [0.717, 1.165) is 31.6 Å². The summed E-state index contributed by atoms with van der Waals surface area (Å²) in [5.74, 6) is 0.562. The zero-order valence-electron chi connectivity index (χ0n) is 12.2. The quantitative estimate of drug-likeness (QED) is 0.897. The molecule has 4 heteroatoms. The van der Waals surface area contributed by atoms with Crippen LogP contribution in [0, 0.1) is 11.7 Å². The van der Waals surface area contributed by atoms with Crippen LogP contribution in [-0.4, -0.2) is 37.5 Å². The molecular formula is C16H23FN2O. The fraction of sp³-hybridized carbons (Fsp3) is 0.562. The molecule has 0 aliphatic carbocycles. The number of likely N-dealkylation sites (tertiary alicyclic amines) is 1. The zero-order chi connectivity index (χ0) is 14.5. The molecule has 1 aromatic rings. The van der Waals surface area contributed by atoms with E-state index in [1.54, 1.807) is 6.07 Å². The molecule has 20 heavy (non-hydrogen) atoms. The lowest BCUT2D eigenvalue weighted by Crippen LogP contribution is -2.31. The summed E-state index contributed by atoms with van der Waals surface area (Å²) in [6, 6.07) is 6.53. The highest BCUT2D eigenvalue weighted by atomic mass is 19.1. The van der Waals surface area contributed by atoms with Crippen LogP contribution in [0.1, 0.15) is 31.2 Å². The third-order valence-electron chi connectivity index (χ3n) is 4.03. The van der Waals surface area contributed by atoms with Crippen molar-refractivity contribution in [2.45, 2.75) is 25.7 Å². The lowest BCUT2D eigenvalue weighted by Gasteiger charge is -2.19. The number of nitrogens with one attached hydrogen (secondary N) is 1. The predicted molar refractivity (Wildman–Crippen MR) is 78.0 cm³/mol. The maximum Gasteiger partial charge on any atom is 0.223 e. The van der Waals surface area contributed by atoms with Gasteiger partial charge in [-0.1, -0.05) is 19.1 Å². The van der Waals surface area contributed by atoms with Crippen LogP contribution in [0.5, 0.6) is 0 Å². The number of nitrogens with zero attached hydrogens (tertiary/aromatic N) is 1. The Kier molecular flexibility index (Phi) is 5.12. The van der Waals surface area contributed by atoms with Gasteiger partial charge in [0, 0.05) is 19.5 Å². The second kappa shape index (κ2) is 6.84. The average molecular weight is 278 g/mol. The summed E-state index contributed by atoms with van der Waals surface area (Å²) in [6.45, 7) is 4.63. The van der Waals surface area contributed by atoms with E-state index in [-0.39, 0.29) is 17.6 Å². The first-order chi connectivity index (χ1) is 9.60. The topological polar surface area (TPSA) is 32.3 Å². The Hall–Kier alpha value is -1.42. The molecule has 1 aliphatic rings. The molecule has 0 saturated carbocycles. The van der Waals surface area contributed by atoms with Crippen molar-refractivity contribution < 1.29 is 9.18 Å². The molecule has 1 amide bonds. The van der Waals surface area contributed by atoms with Gasteiger partial charge in [0.1, 0.15) is 5.82 Å². The highest BCUT2D eigenvalue weighted by Gasteiger charge is 2.26. The van der Waals surface area contributed by atoms with E-state index < -0.39 is 0 Å². The van der Waals surface area contributed by atoms with Gasteiger partial charge < -0.3 is 10.2 Å². The Balaban J connectivity index is 1.88. The number of carbonyl (C=O) groups excluding carboxylic acids is 1. The van der Waals surface area contributed by atoms with Crippen LogP contribution in [0.25, 0.3) is 0 Å². The first kappa shape index (κ1) is 15.0. The molecule has 3 nitrogen and oxygen atoms in total. The summed E-state index contributed by atoms with van der Waals surface area (Å²) in [4.78, 5) is 14.2. The van der Waals surface area contributed by atoms with Crippen LogP contribution in [0.3, 0.4) is 0 Å². The van der Waals surface area contributed by atoms with Crippen molar-refractivity contribution in [1.82, 2.24) is 10.2 Å². The molecule has 1 N–H and O–H groups in total. The van der Waals surface area contributed by atoms with Gasteiger partial charge in [0.15, 0.2) is 0 Å². The van der Waals surface area contributed by atoms with Gasteiger partial charge in [0.25, 0.3) is 0 Å². The summed E-state index contributed by atoms with van der Waals surface area (Å²) < 4.78 is 13.2. The largest absolute Gasteiger partial charge is 0.342 e. The van der Waals surface area contributed by atoms with Crippen LogP contribution in [0.4, 0.5) is 4.39 Å². The van der Waals surface area contributed by atoms with Crippen LogP contribution in [0.15, 0.2) is 24.3 Å². The van der Waals surface area contributed by atoms with Gasteiger partial charge in [-0.15, -0.1) is 0 Å². The van der Waals surface area contributed by atoms with Crippen molar-refractivity contribution in [2.75, 3.05) is 26.7 Å². The van der Waals surface area contributed by atoms with Crippen molar-refractivity contribution in [2.24, 2.45) is 5.92 Å². The van der Waals surface area contributed by atoms with E-state index in [2.05, 4.69) is 5.32 Å². The molecule has 2 atom stereocenters. The van der Waals surface area contributed by atoms with Gasteiger partial charge in [-0.05, 0) is 49.5 Å². The first-order valence-electron chi connectivity index (χ1n) is 7.28. The Bertz CT molecular complexity index is 464. The molecule has 110 valence electrons. The smallest absolute Gasteiger partial charge is 0.223 e. The van der Waals surface area contributed by atoms with Gasteiger partial charge in [0.05, 0.1) is 0 Å². The molecule has 0 radical (unpaired) electrons. The van der Waals surface area contributed by atoms with Crippen LogP contribution >= 0.6 is 0 Å². The predicted octanol–water partition coefficient (Wildman–Crippen LogP) is 2.39. The van der Waals surface area contributed by atoms with Crippen LogP contribution in [0.2, 0.25) is 0 Å². The summed E-state index contributed by atoms with van der Waals surface area (Å²) in [5.41, 5.74) is 0.893. The van der Waals surface area contributed by atoms with Crippen molar-refractivity contribution in [3.63, 3.8) is 0 Å². The van der Waals surface area contributed by atoms with E-state index in [1.165, 1.54) is 12.1 Å². The maximum atomic E-state index is 13.2. The maximum absolute atomic E-state index is 13.2. The molecule has 1 heterocycles. The van der Waals surface area contributed by atoms with Crippen LogP contribution < -0.4 is 5.32 Å². The molecule has 0 spiro atoms. The average Bonchev–Trinajstić information content (AvgIpc) is 2.88. The Morgan fingerprint density at radius 2 is 2.35 bits per heavy atom.